The van der Waals surface area contributed by atoms with Gasteiger partial charge < -0.3 is 0 Å². The molecule has 0 aromatic heterocycles. The highest BCUT2D eigenvalue weighted by Crippen LogP contribution is 2.25. The van der Waals surface area contributed by atoms with E-state index < -0.39 is 0 Å². The smallest absolute Gasteiger partial charge is 0.258 e. The summed E-state index contributed by atoms with van der Waals surface area (Å²) < 4.78 is 0. The molecule has 0 N–H and O–H groups in total. The average Bonchev–Trinajstić information content (AvgIpc) is 2.13. The fourth-order valence-corrected chi connectivity index (χ4v) is 1.60. The van der Waals surface area contributed by atoms with Crippen molar-refractivity contribution in [2.24, 2.45) is 0 Å². The first-order valence-corrected chi connectivity index (χ1v) is 4.81. The second-order valence-corrected chi connectivity index (χ2v) is 3.51. The van der Waals surface area contributed by atoms with Crippen molar-refractivity contribution in [3.63, 3.8) is 0 Å². The van der Waals surface area contributed by atoms with Crippen LogP contribution in [0.1, 0.15) is 30.0 Å². The molecule has 0 aliphatic carbocycles. The Balaban J connectivity index is 3.29. The Morgan fingerprint density at radius 1 is 1.36 bits per heavy atom. The van der Waals surface area contributed by atoms with Gasteiger partial charge in [-0.05, 0) is 31.4 Å². The van der Waals surface area contributed by atoms with E-state index in [0.717, 1.165) is 29.5 Å². The lowest BCUT2D eigenvalue weighted by molar-refractivity contribution is -0.385. The van der Waals surface area contributed by atoms with Gasteiger partial charge in [0.2, 0.25) is 0 Å². The third kappa shape index (κ3) is 1.92. The van der Waals surface area contributed by atoms with Crippen LogP contribution >= 0.6 is 0 Å². The normalized spacial score (nSPS) is 10.2. The number of rotatable bonds is 3. The first kappa shape index (κ1) is 10.7. The first-order chi connectivity index (χ1) is 6.57. The maximum absolute atomic E-state index is 10.8. The molecule has 0 unspecified atom stereocenters. The predicted molar refractivity (Wildman–Crippen MR) is 56.6 cm³/mol. The average molecular weight is 193 g/mol. The van der Waals surface area contributed by atoms with Crippen molar-refractivity contribution in [3.8, 4) is 0 Å². The molecule has 0 amide bonds. The summed E-state index contributed by atoms with van der Waals surface area (Å²) in [6, 6.07) is 3.42. The lowest BCUT2D eigenvalue weighted by Gasteiger charge is -2.07. The summed E-state index contributed by atoms with van der Waals surface area (Å²) in [6.45, 7) is 5.97. The van der Waals surface area contributed by atoms with Crippen LogP contribution in [0.4, 0.5) is 5.69 Å². The highest BCUT2D eigenvalue weighted by molar-refractivity contribution is 5.48. The van der Waals surface area contributed by atoms with Gasteiger partial charge in [0.1, 0.15) is 0 Å². The summed E-state index contributed by atoms with van der Waals surface area (Å²) >= 11 is 0. The lowest BCUT2D eigenvalue weighted by Crippen LogP contribution is -1.99. The molecule has 0 aliphatic rings. The number of hydrogen-bond acceptors (Lipinski definition) is 2. The van der Waals surface area contributed by atoms with E-state index in [2.05, 4.69) is 0 Å². The van der Waals surface area contributed by atoms with Gasteiger partial charge in [0.15, 0.2) is 0 Å². The molecule has 1 aromatic carbocycles. The highest BCUT2D eigenvalue weighted by Gasteiger charge is 2.15. The molecule has 1 aromatic rings. The molecule has 0 atom stereocenters. The number of nitro benzene ring substituents is 1. The van der Waals surface area contributed by atoms with Crippen LogP contribution < -0.4 is 0 Å². The van der Waals surface area contributed by atoms with Gasteiger partial charge in [0, 0.05) is 11.6 Å². The van der Waals surface area contributed by atoms with Crippen LogP contribution in [0.3, 0.4) is 0 Å². The predicted octanol–water partition coefficient (Wildman–Crippen LogP) is 3.16. The second-order valence-electron chi connectivity index (χ2n) is 3.51. The molecule has 3 nitrogen and oxygen atoms in total. The van der Waals surface area contributed by atoms with Crippen LogP contribution in [0.15, 0.2) is 12.1 Å². The summed E-state index contributed by atoms with van der Waals surface area (Å²) in [5.41, 5.74) is 3.33. The van der Waals surface area contributed by atoms with Crippen molar-refractivity contribution < 1.29 is 4.92 Å². The maximum atomic E-state index is 10.8. The zero-order valence-corrected chi connectivity index (χ0v) is 8.83. The number of nitro groups is 1. The van der Waals surface area contributed by atoms with Gasteiger partial charge in [-0.2, -0.15) is 0 Å². The zero-order valence-electron chi connectivity index (χ0n) is 8.83. The SMILES string of the molecule is CCCc1c([N+](=O)[O-])ccc(C)c1C. The van der Waals surface area contributed by atoms with Crippen molar-refractivity contribution >= 4 is 5.69 Å². The van der Waals surface area contributed by atoms with Gasteiger partial charge >= 0.3 is 0 Å². The van der Waals surface area contributed by atoms with E-state index in [1.165, 1.54) is 0 Å². The van der Waals surface area contributed by atoms with Crippen LogP contribution in [0, 0.1) is 24.0 Å². The van der Waals surface area contributed by atoms with Crippen molar-refractivity contribution in [2.75, 3.05) is 0 Å². The third-order valence-electron chi connectivity index (χ3n) is 2.54. The van der Waals surface area contributed by atoms with E-state index in [0.29, 0.717) is 0 Å². The third-order valence-corrected chi connectivity index (χ3v) is 2.54. The minimum absolute atomic E-state index is 0.259. The Labute approximate surface area is 83.9 Å². The van der Waals surface area contributed by atoms with Gasteiger partial charge in [-0.3, -0.25) is 10.1 Å². The van der Waals surface area contributed by atoms with Gasteiger partial charge in [-0.25, -0.2) is 0 Å². The molecule has 0 heterocycles. The van der Waals surface area contributed by atoms with Crippen LogP contribution in [-0.2, 0) is 6.42 Å². The molecule has 0 radical (unpaired) electrons. The lowest BCUT2D eigenvalue weighted by atomic mass is 9.98. The molecular formula is C11H15NO2. The van der Waals surface area contributed by atoms with Crippen molar-refractivity contribution in [2.45, 2.75) is 33.6 Å². The molecule has 0 saturated carbocycles. The molecule has 76 valence electrons. The highest BCUT2D eigenvalue weighted by atomic mass is 16.6. The van der Waals surface area contributed by atoms with E-state index in [1.807, 2.05) is 26.8 Å². The fourth-order valence-electron chi connectivity index (χ4n) is 1.60. The Hall–Kier alpha value is -1.38. The molecule has 14 heavy (non-hydrogen) atoms. The van der Waals surface area contributed by atoms with Crippen LogP contribution in [0.5, 0.6) is 0 Å². The molecule has 3 heteroatoms. The quantitative estimate of drug-likeness (QED) is 0.546. The number of benzene rings is 1. The summed E-state index contributed by atoms with van der Waals surface area (Å²) in [5, 5.41) is 10.8. The Morgan fingerprint density at radius 2 is 2.00 bits per heavy atom. The Bertz CT molecular complexity index is 359. The summed E-state index contributed by atoms with van der Waals surface area (Å²) in [5.74, 6) is 0. The molecule has 1 rings (SSSR count). The van der Waals surface area contributed by atoms with Gasteiger partial charge in [-0.1, -0.05) is 19.4 Å². The molecule has 0 saturated heterocycles. The van der Waals surface area contributed by atoms with Crippen molar-refractivity contribution in [1.29, 1.82) is 0 Å². The van der Waals surface area contributed by atoms with Gasteiger partial charge in [0.05, 0.1) is 4.92 Å². The Morgan fingerprint density at radius 3 is 2.50 bits per heavy atom. The minimum atomic E-state index is -0.294. The molecular weight excluding hydrogens is 178 g/mol. The number of hydrogen-bond donors (Lipinski definition) is 0. The maximum Gasteiger partial charge on any atom is 0.272 e. The topological polar surface area (TPSA) is 43.1 Å². The van der Waals surface area contributed by atoms with Crippen molar-refractivity contribution in [1.82, 2.24) is 0 Å². The van der Waals surface area contributed by atoms with Crippen LogP contribution in [0.25, 0.3) is 0 Å². The van der Waals surface area contributed by atoms with Gasteiger partial charge in [-0.15, -0.1) is 0 Å². The zero-order chi connectivity index (χ0) is 10.7. The number of nitrogens with zero attached hydrogens (tertiary/aromatic N) is 1. The summed E-state index contributed by atoms with van der Waals surface area (Å²) in [6.07, 6.45) is 1.72. The van der Waals surface area contributed by atoms with Crippen LogP contribution in [-0.4, -0.2) is 4.92 Å². The minimum Gasteiger partial charge on any atom is -0.258 e. The van der Waals surface area contributed by atoms with Crippen LogP contribution in [0.2, 0.25) is 0 Å². The molecule has 0 bridgehead atoms. The fraction of sp³-hybridized carbons (Fsp3) is 0.455. The standard InChI is InChI=1S/C11H15NO2/c1-4-5-10-9(3)8(2)6-7-11(10)12(13)14/h6-7H,4-5H2,1-3H3. The molecule has 0 fully saturated rings. The van der Waals surface area contributed by atoms with E-state index in [4.69, 9.17) is 0 Å². The van der Waals surface area contributed by atoms with Crippen molar-refractivity contribution in [3.05, 3.63) is 38.9 Å². The molecule has 0 spiro atoms. The largest absolute Gasteiger partial charge is 0.272 e. The van der Waals surface area contributed by atoms with Gasteiger partial charge in [0.25, 0.3) is 5.69 Å². The summed E-state index contributed by atoms with van der Waals surface area (Å²) in [4.78, 5) is 10.5. The monoisotopic (exact) mass is 193 g/mol. The Kier molecular flexibility index (Phi) is 3.23. The van der Waals surface area contributed by atoms with E-state index in [1.54, 1.807) is 6.07 Å². The van der Waals surface area contributed by atoms with E-state index in [9.17, 15) is 10.1 Å². The van der Waals surface area contributed by atoms with E-state index >= 15 is 0 Å². The number of aryl methyl sites for hydroxylation is 1. The summed E-state index contributed by atoms with van der Waals surface area (Å²) in [7, 11) is 0. The second kappa shape index (κ2) is 4.22. The molecule has 0 aliphatic heterocycles. The van der Waals surface area contributed by atoms with E-state index in [-0.39, 0.29) is 10.6 Å². The first-order valence-electron chi connectivity index (χ1n) is 4.81.